The van der Waals surface area contributed by atoms with Crippen LogP contribution in [0.1, 0.15) is 63.9 Å². The van der Waals surface area contributed by atoms with E-state index >= 15 is 0 Å². The highest BCUT2D eigenvalue weighted by Gasteiger charge is 1.96. The van der Waals surface area contributed by atoms with Crippen molar-refractivity contribution in [1.82, 2.24) is 5.32 Å². The number of carbonyl (C=O) groups is 1. The van der Waals surface area contributed by atoms with Crippen LogP contribution in [-0.2, 0) is 11.2 Å². The van der Waals surface area contributed by atoms with Crippen molar-refractivity contribution in [2.45, 2.75) is 64.7 Å². The van der Waals surface area contributed by atoms with E-state index in [4.69, 9.17) is 0 Å². The Morgan fingerprint density at radius 2 is 1.68 bits per heavy atom. The maximum atomic E-state index is 11.7. The molecule has 3 nitrogen and oxygen atoms in total. The van der Waals surface area contributed by atoms with Crippen LogP contribution in [0.2, 0.25) is 0 Å². The molecule has 0 aromatic heterocycles. The number of allylic oxidation sites excluding steroid dienone is 3. The van der Waals surface area contributed by atoms with Crippen LogP contribution in [-0.4, -0.2) is 17.6 Å². The van der Waals surface area contributed by atoms with E-state index in [0.717, 1.165) is 18.4 Å². The Hall–Kier alpha value is -2.03. The number of aromatic hydroxyl groups is 1. The van der Waals surface area contributed by atoms with E-state index in [-0.39, 0.29) is 11.7 Å². The lowest BCUT2D eigenvalue weighted by molar-refractivity contribution is -0.116. The van der Waals surface area contributed by atoms with Crippen LogP contribution in [0, 0.1) is 0 Å². The summed E-state index contributed by atoms with van der Waals surface area (Å²) in [6, 6.07) is 7.05. The largest absolute Gasteiger partial charge is 0.508 e. The van der Waals surface area contributed by atoms with Gasteiger partial charge in [0.15, 0.2) is 0 Å². The summed E-state index contributed by atoms with van der Waals surface area (Å²) >= 11 is 0. The summed E-state index contributed by atoms with van der Waals surface area (Å²) in [6.07, 6.45) is 18.6. The molecule has 1 amide bonds. The quantitative estimate of drug-likeness (QED) is 0.290. The summed E-state index contributed by atoms with van der Waals surface area (Å²) in [5.41, 5.74) is 1.09. The molecule has 0 unspecified atom stereocenters. The lowest BCUT2D eigenvalue weighted by Gasteiger charge is -2.02. The minimum atomic E-state index is -0.0700. The van der Waals surface area contributed by atoms with Crippen molar-refractivity contribution in [3.63, 3.8) is 0 Å². The van der Waals surface area contributed by atoms with Gasteiger partial charge in [0.05, 0.1) is 0 Å². The van der Waals surface area contributed by atoms with Gasteiger partial charge < -0.3 is 10.4 Å². The van der Waals surface area contributed by atoms with Crippen LogP contribution >= 0.6 is 0 Å². The smallest absolute Gasteiger partial charge is 0.243 e. The average molecular weight is 344 g/mol. The molecule has 0 atom stereocenters. The first-order valence-corrected chi connectivity index (χ1v) is 9.61. The van der Waals surface area contributed by atoms with Gasteiger partial charge in [-0.25, -0.2) is 0 Å². The number of rotatable bonds is 13. The fourth-order valence-corrected chi connectivity index (χ4v) is 2.59. The zero-order chi connectivity index (χ0) is 18.2. The Balaban J connectivity index is 2.01. The second kappa shape index (κ2) is 14.3. The van der Waals surface area contributed by atoms with Crippen molar-refractivity contribution in [1.29, 1.82) is 0 Å². The monoisotopic (exact) mass is 343 g/mol. The SMILES string of the molecule is CCCCCCCCCC=CC=CC(=O)NCCc1ccc(O)cc1. The third-order valence-electron chi connectivity index (χ3n) is 4.12. The van der Waals surface area contributed by atoms with Gasteiger partial charge in [0.1, 0.15) is 5.75 Å². The van der Waals surface area contributed by atoms with Crippen LogP contribution in [0.5, 0.6) is 5.75 Å². The maximum Gasteiger partial charge on any atom is 0.243 e. The van der Waals surface area contributed by atoms with E-state index in [1.807, 2.05) is 18.2 Å². The Morgan fingerprint density at radius 3 is 2.40 bits per heavy atom. The summed E-state index contributed by atoms with van der Waals surface area (Å²) in [6.45, 7) is 2.84. The first kappa shape index (κ1) is 21.0. The highest BCUT2D eigenvalue weighted by molar-refractivity contribution is 5.87. The number of unbranched alkanes of at least 4 members (excludes halogenated alkanes) is 7. The average Bonchev–Trinajstić information content (AvgIpc) is 2.61. The van der Waals surface area contributed by atoms with Crippen molar-refractivity contribution in [3.05, 3.63) is 54.1 Å². The molecule has 0 fully saturated rings. The van der Waals surface area contributed by atoms with E-state index in [1.165, 1.54) is 44.9 Å². The number of phenolic OH excluding ortho intramolecular Hbond substituents is 1. The molecule has 2 N–H and O–H groups in total. The molecule has 1 aromatic carbocycles. The van der Waals surface area contributed by atoms with Crippen LogP contribution in [0.25, 0.3) is 0 Å². The number of amides is 1. The maximum absolute atomic E-state index is 11.7. The van der Waals surface area contributed by atoms with Crippen molar-refractivity contribution in [3.8, 4) is 5.75 Å². The molecule has 3 heteroatoms. The number of hydrogen-bond donors (Lipinski definition) is 2. The summed E-state index contributed by atoms with van der Waals surface area (Å²) in [4.78, 5) is 11.7. The van der Waals surface area contributed by atoms with E-state index < -0.39 is 0 Å². The van der Waals surface area contributed by atoms with Crippen molar-refractivity contribution >= 4 is 5.91 Å². The van der Waals surface area contributed by atoms with Crippen molar-refractivity contribution in [2.75, 3.05) is 6.54 Å². The molecule has 138 valence electrons. The molecule has 0 heterocycles. The second-order valence-electron chi connectivity index (χ2n) is 6.40. The lowest BCUT2D eigenvalue weighted by atomic mass is 10.1. The highest BCUT2D eigenvalue weighted by Crippen LogP contribution is 2.10. The lowest BCUT2D eigenvalue weighted by Crippen LogP contribution is -2.23. The first-order valence-electron chi connectivity index (χ1n) is 9.61. The van der Waals surface area contributed by atoms with Gasteiger partial charge in [-0.3, -0.25) is 4.79 Å². The Kier molecular flexibility index (Phi) is 12.0. The van der Waals surface area contributed by atoms with Gasteiger partial charge in [0, 0.05) is 12.6 Å². The van der Waals surface area contributed by atoms with Gasteiger partial charge in [0.25, 0.3) is 0 Å². The standard InChI is InChI=1S/C22H33NO2/c1-2-3-4-5-6-7-8-9-10-11-12-13-22(25)23-19-18-20-14-16-21(24)17-15-20/h10-17,24H,2-9,18-19H2,1H3,(H,23,25). The minimum Gasteiger partial charge on any atom is -0.508 e. The van der Waals surface area contributed by atoms with Gasteiger partial charge in [-0.1, -0.05) is 75.8 Å². The predicted octanol–water partition coefficient (Wildman–Crippen LogP) is 5.30. The van der Waals surface area contributed by atoms with Gasteiger partial charge in [0.2, 0.25) is 5.91 Å². The van der Waals surface area contributed by atoms with E-state index in [2.05, 4.69) is 18.3 Å². The molecule has 1 rings (SSSR count). The fraction of sp³-hybridized carbons (Fsp3) is 0.500. The minimum absolute atomic E-state index is 0.0700. The van der Waals surface area contributed by atoms with Gasteiger partial charge >= 0.3 is 0 Å². The topological polar surface area (TPSA) is 49.3 Å². The molecule has 0 saturated carbocycles. The van der Waals surface area contributed by atoms with Gasteiger partial charge in [-0.15, -0.1) is 0 Å². The van der Waals surface area contributed by atoms with Crippen molar-refractivity contribution < 1.29 is 9.90 Å². The van der Waals surface area contributed by atoms with E-state index in [0.29, 0.717) is 6.54 Å². The van der Waals surface area contributed by atoms with E-state index in [9.17, 15) is 9.90 Å². The Labute approximate surface area is 152 Å². The summed E-state index contributed by atoms with van der Waals surface area (Å²) in [7, 11) is 0. The molecule has 1 aromatic rings. The molecular weight excluding hydrogens is 310 g/mol. The summed E-state index contributed by atoms with van der Waals surface area (Å²) in [5, 5.41) is 12.1. The fourth-order valence-electron chi connectivity index (χ4n) is 2.59. The molecule has 25 heavy (non-hydrogen) atoms. The van der Waals surface area contributed by atoms with Gasteiger partial charge in [-0.2, -0.15) is 0 Å². The second-order valence-corrected chi connectivity index (χ2v) is 6.40. The molecule has 0 aliphatic rings. The molecule has 0 radical (unpaired) electrons. The third kappa shape index (κ3) is 12.0. The van der Waals surface area contributed by atoms with Crippen LogP contribution in [0.4, 0.5) is 0 Å². The number of benzene rings is 1. The number of hydrogen-bond acceptors (Lipinski definition) is 2. The summed E-state index contributed by atoms with van der Waals surface area (Å²) in [5.74, 6) is 0.193. The third-order valence-corrected chi connectivity index (χ3v) is 4.12. The van der Waals surface area contributed by atoms with Crippen molar-refractivity contribution in [2.24, 2.45) is 0 Å². The molecule has 0 aliphatic carbocycles. The number of phenols is 1. The zero-order valence-corrected chi connectivity index (χ0v) is 15.5. The molecule has 0 bridgehead atoms. The summed E-state index contributed by atoms with van der Waals surface area (Å²) < 4.78 is 0. The molecule has 0 spiro atoms. The van der Waals surface area contributed by atoms with Gasteiger partial charge in [-0.05, 0) is 37.0 Å². The molecular formula is C22H33NO2. The predicted molar refractivity (Wildman–Crippen MR) is 106 cm³/mol. The Morgan fingerprint density at radius 1 is 1.00 bits per heavy atom. The van der Waals surface area contributed by atoms with E-state index in [1.54, 1.807) is 24.3 Å². The normalized spacial score (nSPS) is 11.4. The first-order chi connectivity index (χ1) is 12.2. The van der Waals surface area contributed by atoms with Crippen LogP contribution in [0.3, 0.4) is 0 Å². The number of nitrogens with one attached hydrogen (secondary N) is 1. The molecule has 0 aliphatic heterocycles. The number of carbonyl (C=O) groups excluding carboxylic acids is 1. The highest BCUT2D eigenvalue weighted by atomic mass is 16.3. The molecule has 0 saturated heterocycles. The van der Waals surface area contributed by atoms with Crippen LogP contribution < -0.4 is 5.32 Å². The Bertz CT molecular complexity index is 517. The zero-order valence-electron chi connectivity index (χ0n) is 15.5. The van der Waals surface area contributed by atoms with Crippen LogP contribution in [0.15, 0.2) is 48.6 Å².